The van der Waals surface area contributed by atoms with Crippen LogP contribution in [0.1, 0.15) is 35.5 Å². The standard InChI is InChI=1S/C25H29ClN2O3/c1-18(2)15-28(25(29)20-12-22(30-3)14-23(13-20)31-4)17-21-9-7-11-27(21)16-19-8-5-6-10-24(19)26/h5-14,18H,15-17H2,1-4H3. The van der Waals surface area contributed by atoms with E-state index in [0.29, 0.717) is 42.6 Å². The van der Waals surface area contributed by atoms with Crippen molar-refractivity contribution in [3.63, 3.8) is 0 Å². The van der Waals surface area contributed by atoms with E-state index in [9.17, 15) is 4.79 Å². The fourth-order valence-corrected chi connectivity index (χ4v) is 3.72. The molecular formula is C25H29ClN2O3. The van der Waals surface area contributed by atoms with E-state index in [1.165, 1.54) is 0 Å². The van der Waals surface area contributed by atoms with Crippen LogP contribution in [0.5, 0.6) is 11.5 Å². The maximum Gasteiger partial charge on any atom is 0.254 e. The first kappa shape index (κ1) is 22.8. The molecule has 0 N–H and O–H groups in total. The van der Waals surface area contributed by atoms with Crippen molar-refractivity contribution in [1.29, 1.82) is 0 Å². The zero-order valence-electron chi connectivity index (χ0n) is 18.5. The van der Waals surface area contributed by atoms with E-state index < -0.39 is 0 Å². The van der Waals surface area contributed by atoms with Crippen LogP contribution in [0.25, 0.3) is 0 Å². The van der Waals surface area contributed by atoms with E-state index >= 15 is 0 Å². The number of benzene rings is 2. The lowest BCUT2D eigenvalue weighted by Gasteiger charge is -2.26. The summed E-state index contributed by atoms with van der Waals surface area (Å²) in [5.41, 5.74) is 2.63. The van der Waals surface area contributed by atoms with E-state index in [4.69, 9.17) is 21.1 Å². The lowest BCUT2D eigenvalue weighted by Crippen LogP contribution is -2.34. The predicted molar refractivity (Wildman–Crippen MR) is 124 cm³/mol. The van der Waals surface area contributed by atoms with Crippen molar-refractivity contribution in [2.24, 2.45) is 5.92 Å². The molecule has 0 unspecified atom stereocenters. The molecule has 6 heteroatoms. The van der Waals surface area contributed by atoms with Gasteiger partial charge < -0.3 is 18.9 Å². The average molecular weight is 441 g/mol. The third kappa shape index (κ3) is 5.82. The SMILES string of the molecule is COc1cc(OC)cc(C(=O)N(Cc2cccn2Cc2ccccc2Cl)CC(C)C)c1. The van der Waals surface area contributed by atoms with Crippen molar-refractivity contribution in [2.75, 3.05) is 20.8 Å². The Morgan fingerprint density at radius 3 is 2.32 bits per heavy atom. The summed E-state index contributed by atoms with van der Waals surface area (Å²) in [6.45, 7) is 5.99. The molecule has 0 atom stereocenters. The summed E-state index contributed by atoms with van der Waals surface area (Å²) >= 11 is 6.35. The summed E-state index contributed by atoms with van der Waals surface area (Å²) in [6, 6.07) is 17.1. The van der Waals surface area contributed by atoms with Gasteiger partial charge in [-0.2, -0.15) is 0 Å². The van der Waals surface area contributed by atoms with Crippen molar-refractivity contribution >= 4 is 17.5 Å². The molecule has 1 amide bonds. The van der Waals surface area contributed by atoms with E-state index in [-0.39, 0.29) is 5.91 Å². The summed E-state index contributed by atoms with van der Waals surface area (Å²) in [4.78, 5) is 15.3. The van der Waals surface area contributed by atoms with Gasteiger partial charge in [0.2, 0.25) is 0 Å². The Kier molecular flexibility index (Phi) is 7.64. The second-order valence-corrected chi connectivity index (χ2v) is 8.31. The first-order chi connectivity index (χ1) is 14.9. The molecule has 0 radical (unpaired) electrons. The number of amides is 1. The summed E-state index contributed by atoms with van der Waals surface area (Å²) in [6.07, 6.45) is 2.02. The Morgan fingerprint density at radius 2 is 1.71 bits per heavy atom. The van der Waals surface area contributed by atoms with E-state index in [2.05, 4.69) is 18.4 Å². The topological polar surface area (TPSA) is 43.7 Å². The monoisotopic (exact) mass is 440 g/mol. The van der Waals surface area contributed by atoms with Crippen molar-refractivity contribution < 1.29 is 14.3 Å². The van der Waals surface area contributed by atoms with Gasteiger partial charge in [-0.3, -0.25) is 4.79 Å². The number of carbonyl (C=O) groups excluding carboxylic acids is 1. The molecule has 0 spiro atoms. The second kappa shape index (κ2) is 10.4. The lowest BCUT2D eigenvalue weighted by molar-refractivity contribution is 0.0718. The van der Waals surface area contributed by atoms with Crippen LogP contribution in [-0.2, 0) is 13.1 Å². The maximum atomic E-state index is 13.5. The highest BCUT2D eigenvalue weighted by Crippen LogP contribution is 2.25. The number of halogens is 1. The van der Waals surface area contributed by atoms with Crippen LogP contribution in [-0.4, -0.2) is 36.1 Å². The lowest BCUT2D eigenvalue weighted by atomic mass is 10.1. The summed E-state index contributed by atoms with van der Waals surface area (Å²) in [7, 11) is 3.16. The molecule has 0 aliphatic carbocycles. The van der Waals surface area contributed by atoms with Crippen LogP contribution in [0.4, 0.5) is 0 Å². The van der Waals surface area contributed by atoms with Gasteiger partial charge in [0.15, 0.2) is 0 Å². The quantitative estimate of drug-likeness (QED) is 0.441. The molecule has 0 aliphatic rings. The molecule has 164 valence electrons. The predicted octanol–water partition coefficient (Wildman–Crippen LogP) is 5.51. The minimum atomic E-state index is -0.0589. The van der Waals surface area contributed by atoms with Crippen LogP contribution in [0.3, 0.4) is 0 Å². The minimum absolute atomic E-state index is 0.0589. The molecule has 0 saturated heterocycles. The fourth-order valence-electron chi connectivity index (χ4n) is 3.53. The third-order valence-corrected chi connectivity index (χ3v) is 5.41. The van der Waals surface area contributed by atoms with Gasteiger partial charge in [-0.05, 0) is 41.8 Å². The van der Waals surface area contributed by atoms with E-state index in [1.807, 2.05) is 47.5 Å². The highest BCUT2D eigenvalue weighted by molar-refractivity contribution is 6.31. The van der Waals surface area contributed by atoms with Gasteiger partial charge in [0.05, 0.1) is 20.8 Å². The minimum Gasteiger partial charge on any atom is -0.497 e. The van der Waals surface area contributed by atoms with Crippen LogP contribution < -0.4 is 9.47 Å². The Balaban J connectivity index is 1.87. The Bertz CT molecular complexity index is 1010. The van der Waals surface area contributed by atoms with Crippen LogP contribution >= 0.6 is 11.6 Å². The van der Waals surface area contributed by atoms with Crippen LogP contribution in [0.15, 0.2) is 60.8 Å². The van der Waals surface area contributed by atoms with Gasteiger partial charge in [-0.25, -0.2) is 0 Å². The summed E-state index contributed by atoms with van der Waals surface area (Å²) in [5.74, 6) is 1.45. The molecule has 5 nitrogen and oxygen atoms in total. The number of rotatable bonds is 9. The van der Waals surface area contributed by atoms with Crippen molar-refractivity contribution in [2.45, 2.75) is 26.9 Å². The van der Waals surface area contributed by atoms with Gasteiger partial charge >= 0.3 is 0 Å². The molecule has 2 aromatic carbocycles. The van der Waals surface area contributed by atoms with Crippen molar-refractivity contribution in [1.82, 2.24) is 9.47 Å². The van der Waals surface area contributed by atoms with Crippen molar-refractivity contribution in [3.8, 4) is 11.5 Å². The maximum absolute atomic E-state index is 13.5. The highest BCUT2D eigenvalue weighted by Gasteiger charge is 2.20. The summed E-state index contributed by atoms with van der Waals surface area (Å²) in [5, 5.41) is 0.737. The molecule has 0 aliphatic heterocycles. The molecule has 1 heterocycles. The molecular weight excluding hydrogens is 412 g/mol. The molecule has 1 aromatic heterocycles. The first-order valence-corrected chi connectivity index (χ1v) is 10.7. The van der Waals surface area contributed by atoms with Gasteiger partial charge in [0.25, 0.3) is 5.91 Å². The number of hydrogen-bond acceptors (Lipinski definition) is 3. The fraction of sp³-hybridized carbons (Fsp3) is 0.320. The van der Waals surface area contributed by atoms with E-state index in [0.717, 1.165) is 16.3 Å². The number of methoxy groups -OCH3 is 2. The Morgan fingerprint density at radius 1 is 1.03 bits per heavy atom. The van der Waals surface area contributed by atoms with E-state index in [1.54, 1.807) is 32.4 Å². The Hall–Kier alpha value is -2.92. The van der Waals surface area contributed by atoms with Crippen molar-refractivity contribution in [3.05, 3.63) is 82.6 Å². The largest absolute Gasteiger partial charge is 0.497 e. The number of ether oxygens (including phenoxy) is 2. The molecule has 3 aromatic rings. The second-order valence-electron chi connectivity index (χ2n) is 7.90. The van der Waals surface area contributed by atoms with Crippen LogP contribution in [0.2, 0.25) is 5.02 Å². The third-order valence-electron chi connectivity index (χ3n) is 5.05. The summed E-state index contributed by atoms with van der Waals surface area (Å²) < 4.78 is 12.8. The number of carbonyl (C=O) groups is 1. The zero-order chi connectivity index (χ0) is 22.4. The van der Waals surface area contributed by atoms with Gasteiger partial charge in [0, 0.05) is 41.6 Å². The molecule has 31 heavy (non-hydrogen) atoms. The number of nitrogens with zero attached hydrogens (tertiary/aromatic N) is 2. The average Bonchev–Trinajstić information content (AvgIpc) is 3.20. The normalized spacial score (nSPS) is 10.9. The molecule has 0 saturated carbocycles. The first-order valence-electron chi connectivity index (χ1n) is 10.3. The molecule has 0 fully saturated rings. The number of hydrogen-bond donors (Lipinski definition) is 0. The highest BCUT2D eigenvalue weighted by atomic mass is 35.5. The smallest absolute Gasteiger partial charge is 0.254 e. The van der Waals surface area contributed by atoms with Crippen LogP contribution in [0, 0.1) is 5.92 Å². The molecule has 3 rings (SSSR count). The number of aromatic nitrogens is 1. The molecule has 0 bridgehead atoms. The van der Waals surface area contributed by atoms with Gasteiger partial charge in [0.1, 0.15) is 11.5 Å². The van der Waals surface area contributed by atoms with Gasteiger partial charge in [-0.1, -0.05) is 43.6 Å². The van der Waals surface area contributed by atoms with Gasteiger partial charge in [-0.15, -0.1) is 0 Å². The Labute approximate surface area is 189 Å². The zero-order valence-corrected chi connectivity index (χ0v) is 19.2.